The highest BCUT2D eigenvalue weighted by molar-refractivity contribution is 9.10. The van der Waals surface area contributed by atoms with Gasteiger partial charge in [0.15, 0.2) is 5.78 Å². The van der Waals surface area contributed by atoms with E-state index in [0.717, 1.165) is 13.0 Å². The molecule has 0 heterocycles. The van der Waals surface area contributed by atoms with E-state index in [1.165, 1.54) is 12.1 Å². The van der Waals surface area contributed by atoms with Crippen molar-refractivity contribution in [3.05, 3.63) is 34.1 Å². The summed E-state index contributed by atoms with van der Waals surface area (Å²) in [5, 5.41) is 2.95. The van der Waals surface area contributed by atoms with E-state index in [1.807, 2.05) is 6.92 Å². The number of Topliss-reactive ketones (excluding diaryl/α,β-unsaturated/α-hetero) is 1. The third kappa shape index (κ3) is 3.72. The Morgan fingerprint density at radius 3 is 2.93 bits per heavy atom. The summed E-state index contributed by atoms with van der Waals surface area (Å²) in [5.41, 5.74) is 0.132. The van der Waals surface area contributed by atoms with Gasteiger partial charge in [-0.3, -0.25) is 4.79 Å². The molecule has 0 aliphatic carbocycles. The van der Waals surface area contributed by atoms with Gasteiger partial charge in [-0.15, -0.1) is 0 Å². The fourth-order valence-electron chi connectivity index (χ4n) is 1.19. The molecule has 4 heteroatoms. The summed E-state index contributed by atoms with van der Waals surface area (Å²) in [6.07, 6.45) is 0.953. The molecule has 1 aromatic rings. The van der Waals surface area contributed by atoms with Gasteiger partial charge in [0.05, 0.1) is 12.1 Å². The van der Waals surface area contributed by atoms with Crippen LogP contribution >= 0.6 is 15.9 Å². The second-order valence-electron chi connectivity index (χ2n) is 3.22. The van der Waals surface area contributed by atoms with Crippen LogP contribution in [0, 0.1) is 5.82 Å². The molecule has 0 atom stereocenters. The first kappa shape index (κ1) is 12.3. The summed E-state index contributed by atoms with van der Waals surface area (Å²) in [5.74, 6) is -0.691. The van der Waals surface area contributed by atoms with Gasteiger partial charge >= 0.3 is 0 Å². The molecule has 0 aromatic heterocycles. The molecule has 82 valence electrons. The Bertz CT molecular complexity index is 354. The number of carbonyl (C=O) groups is 1. The predicted molar refractivity (Wildman–Crippen MR) is 61.6 cm³/mol. The summed E-state index contributed by atoms with van der Waals surface area (Å²) in [6, 6.07) is 4.37. The van der Waals surface area contributed by atoms with Crippen LogP contribution in [0.1, 0.15) is 23.7 Å². The molecule has 0 spiro atoms. The molecule has 2 nitrogen and oxygen atoms in total. The summed E-state index contributed by atoms with van der Waals surface area (Å²) >= 11 is 3.21. The smallest absolute Gasteiger partial charge is 0.179 e. The predicted octanol–water partition coefficient (Wildman–Crippen LogP) is 2.77. The van der Waals surface area contributed by atoms with E-state index in [-0.39, 0.29) is 17.9 Å². The summed E-state index contributed by atoms with van der Waals surface area (Å²) < 4.78 is 14.0. The lowest BCUT2D eigenvalue weighted by atomic mass is 10.1. The molecule has 1 N–H and O–H groups in total. The first-order valence-electron chi connectivity index (χ1n) is 4.84. The van der Waals surface area contributed by atoms with Crippen LogP contribution in [-0.2, 0) is 0 Å². The van der Waals surface area contributed by atoms with Crippen molar-refractivity contribution < 1.29 is 9.18 Å². The molecule has 1 aromatic carbocycles. The topological polar surface area (TPSA) is 29.1 Å². The lowest BCUT2D eigenvalue weighted by molar-refractivity contribution is 0.0987. The van der Waals surface area contributed by atoms with Crippen LogP contribution in [0.4, 0.5) is 4.39 Å². The van der Waals surface area contributed by atoms with Gasteiger partial charge in [0.1, 0.15) is 5.82 Å². The van der Waals surface area contributed by atoms with Crippen LogP contribution < -0.4 is 5.32 Å². The van der Waals surface area contributed by atoms with Crippen LogP contribution in [0.25, 0.3) is 0 Å². The van der Waals surface area contributed by atoms with Gasteiger partial charge < -0.3 is 5.32 Å². The zero-order valence-electron chi connectivity index (χ0n) is 8.52. The molecule has 0 bridgehead atoms. The van der Waals surface area contributed by atoms with E-state index in [4.69, 9.17) is 0 Å². The van der Waals surface area contributed by atoms with Crippen molar-refractivity contribution in [3.63, 3.8) is 0 Å². The zero-order chi connectivity index (χ0) is 11.3. The highest BCUT2D eigenvalue weighted by atomic mass is 79.9. The molecule has 0 fully saturated rings. The fraction of sp³-hybridized carbons (Fsp3) is 0.364. The van der Waals surface area contributed by atoms with Gasteiger partial charge in [-0.25, -0.2) is 4.39 Å². The van der Waals surface area contributed by atoms with Gasteiger partial charge in [0.2, 0.25) is 0 Å². The third-order valence-electron chi connectivity index (χ3n) is 1.94. The number of hydrogen-bond acceptors (Lipinski definition) is 2. The zero-order valence-corrected chi connectivity index (χ0v) is 10.1. The van der Waals surface area contributed by atoms with Crippen molar-refractivity contribution in [2.24, 2.45) is 0 Å². The van der Waals surface area contributed by atoms with E-state index in [0.29, 0.717) is 4.47 Å². The SMILES string of the molecule is CCCNCC(=O)c1cc(Br)ccc1F. The Morgan fingerprint density at radius 1 is 1.53 bits per heavy atom. The monoisotopic (exact) mass is 273 g/mol. The van der Waals surface area contributed by atoms with Crippen molar-refractivity contribution in [2.75, 3.05) is 13.1 Å². The van der Waals surface area contributed by atoms with Gasteiger partial charge in [-0.1, -0.05) is 22.9 Å². The van der Waals surface area contributed by atoms with Crippen LogP contribution in [0.5, 0.6) is 0 Å². The minimum atomic E-state index is -0.471. The molecular weight excluding hydrogens is 261 g/mol. The molecule has 0 aliphatic heterocycles. The Balaban J connectivity index is 2.68. The fourth-order valence-corrected chi connectivity index (χ4v) is 1.55. The van der Waals surface area contributed by atoms with Gasteiger partial charge in [0.25, 0.3) is 0 Å². The summed E-state index contributed by atoms with van der Waals surface area (Å²) in [4.78, 5) is 11.6. The standard InChI is InChI=1S/C11H13BrFNO/c1-2-5-14-7-11(15)9-6-8(12)3-4-10(9)13/h3-4,6,14H,2,5,7H2,1H3. The second kappa shape index (κ2) is 5.98. The minimum absolute atomic E-state index is 0.132. The van der Waals surface area contributed by atoms with Crippen LogP contribution in [0.2, 0.25) is 0 Å². The number of nitrogens with one attached hydrogen (secondary N) is 1. The molecule has 0 saturated heterocycles. The molecular formula is C11H13BrFNO. The molecule has 15 heavy (non-hydrogen) atoms. The molecule has 0 aliphatic rings. The highest BCUT2D eigenvalue weighted by Crippen LogP contribution is 2.15. The largest absolute Gasteiger partial charge is 0.310 e. The minimum Gasteiger partial charge on any atom is -0.310 e. The second-order valence-corrected chi connectivity index (χ2v) is 4.14. The number of benzene rings is 1. The van der Waals surface area contributed by atoms with Crippen LogP contribution in [0.15, 0.2) is 22.7 Å². The Morgan fingerprint density at radius 2 is 2.27 bits per heavy atom. The first-order chi connectivity index (χ1) is 7.15. The number of hydrogen-bond donors (Lipinski definition) is 1. The van der Waals surface area contributed by atoms with E-state index >= 15 is 0 Å². The number of rotatable bonds is 5. The van der Waals surface area contributed by atoms with Gasteiger partial charge in [0, 0.05) is 4.47 Å². The van der Waals surface area contributed by atoms with Crippen LogP contribution in [0.3, 0.4) is 0 Å². The summed E-state index contributed by atoms with van der Waals surface area (Å²) in [6.45, 7) is 2.96. The average molecular weight is 274 g/mol. The molecule has 0 unspecified atom stereocenters. The normalized spacial score (nSPS) is 10.3. The van der Waals surface area contributed by atoms with E-state index in [9.17, 15) is 9.18 Å². The Labute approximate surface area is 97.0 Å². The van der Waals surface area contributed by atoms with Crippen molar-refractivity contribution in [1.29, 1.82) is 0 Å². The number of halogens is 2. The Kier molecular flexibility index (Phi) is 4.91. The Hall–Kier alpha value is -0.740. The van der Waals surface area contributed by atoms with E-state index in [1.54, 1.807) is 6.07 Å². The quantitative estimate of drug-likeness (QED) is 0.660. The third-order valence-corrected chi connectivity index (χ3v) is 2.43. The molecule has 1 rings (SSSR count). The van der Waals surface area contributed by atoms with Crippen molar-refractivity contribution in [2.45, 2.75) is 13.3 Å². The highest BCUT2D eigenvalue weighted by Gasteiger charge is 2.11. The van der Waals surface area contributed by atoms with Gasteiger partial charge in [-0.2, -0.15) is 0 Å². The first-order valence-corrected chi connectivity index (χ1v) is 5.63. The number of carbonyl (C=O) groups excluding carboxylic acids is 1. The maximum absolute atomic E-state index is 13.3. The maximum atomic E-state index is 13.3. The lowest BCUT2D eigenvalue weighted by Crippen LogP contribution is -2.24. The van der Waals surface area contributed by atoms with Gasteiger partial charge in [-0.05, 0) is 31.2 Å². The van der Waals surface area contributed by atoms with Crippen molar-refractivity contribution in [1.82, 2.24) is 5.32 Å². The van der Waals surface area contributed by atoms with Crippen LogP contribution in [-0.4, -0.2) is 18.9 Å². The van der Waals surface area contributed by atoms with Crippen molar-refractivity contribution in [3.8, 4) is 0 Å². The molecule has 0 amide bonds. The summed E-state index contributed by atoms with van der Waals surface area (Å²) in [7, 11) is 0. The van der Waals surface area contributed by atoms with E-state index in [2.05, 4.69) is 21.2 Å². The maximum Gasteiger partial charge on any atom is 0.179 e. The average Bonchev–Trinajstić information content (AvgIpc) is 2.22. The van der Waals surface area contributed by atoms with Crippen molar-refractivity contribution >= 4 is 21.7 Å². The molecule has 0 saturated carbocycles. The number of ketones is 1. The molecule has 0 radical (unpaired) electrons. The lowest BCUT2D eigenvalue weighted by Gasteiger charge is -2.04. The van der Waals surface area contributed by atoms with E-state index < -0.39 is 5.82 Å².